The van der Waals surface area contributed by atoms with Crippen LogP contribution in [0.15, 0.2) is 88.0 Å². The van der Waals surface area contributed by atoms with E-state index >= 15 is 0 Å². The number of hydrogen-bond donors (Lipinski definition) is 0. The lowest BCUT2D eigenvalue weighted by molar-refractivity contribution is -0.149. The van der Waals surface area contributed by atoms with E-state index < -0.39 is 12.1 Å². The first-order chi connectivity index (χ1) is 16.1. The Morgan fingerprint density at radius 2 is 1.82 bits per heavy atom. The van der Waals surface area contributed by atoms with Gasteiger partial charge >= 0.3 is 5.97 Å². The Balaban J connectivity index is 1.69. The standard InChI is InChI=1S/C26H18BrNO4S/c1-30-26(29)25(21-7-2-4-8-22(21)27)32-24-14-19(11-10-17(24)15-28)31-23-9-5-3-6-20(23)18-12-13-33-16-18/h2-14,16,25H,1H3. The van der Waals surface area contributed by atoms with Gasteiger partial charge in [-0.1, -0.05) is 52.3 Å². The minimum atomic E-state index is -1.06. The molecule has 5 nitrogen and oxygen atoms in total. The molecule has 1 atom stereocenters. The summed E-state index contributed by atoms with van der Waals surface area (Å²) in [6, 6.07) is 23.9. The van der Waals surface area contributed by atoms with E-state index in [0.717, 1.165) is 11.1 Å². The summed E-state index contributed by atoms with van der Waals surface area (Å²) in [5.41, 5.74) is 2.86. The molecule has 0 amide bonds. The average molecular weight is 520 g/mol. The Morgan fingerprint density at radius 1 is 1.03 bits per heavy atom. The third-order valence-corrected chi connectivity index (χ3v) is 6.27. The number of ether oxygens (including phenoxy) is 3. The van der Waals surface area contributed by atoms with Crippen LogP contribution in [-0.4, -0.2) is 13.1 Å². The Kier molecular flexibility index (Phi) is 7.08. The molecule has 0 N–H and O–H groups in total. The van der Waals surface area contributed by atoms with Crippen molar-refractivity contribution < 1.29 is 19.0 Å². The maximum Gasteiger partial charge on any atom is 0.351 e. The first kappa shape index (κ1) is 22.6. The summed E-state index contributed by atoms with van der Waals surface area (Å²) in [7, 11) is 1.29. The molecule has 164 valence electrons. The first-order valence-electron chi connectivity index (χ1n) is 9.93. The van der Waals surface area contributed by atoms with Crippen LogP contribution in [-0.2, 0) is 9.53 Å². The summed E-state index contributed by atoms with van der Waals surface area (Å²) in [4.78, 5) is 12.5. The van der Waals surface area contributed by atoms with Gasteiger partial charge in [-0.2, -0.15) is 16.6 Å². The van der Waals surface area contributed by atoms with Crippen LogP contribution < -0.4 is 9.47 Å². The molecule has 1 heterocycles. The monoisotopic (exact) mass is 519 g/mol. The fraction of sp³-hybridized carbons (Fsp3) is 0.0769. The van der Waals surface area contributed by atoms with Gasteiger partial charge in [-0.15, -0.1) is 0 Å². The molecule has 0 spiro atoms. The molecule has 3 aromatic carbocycles. The van der Waals surface area contributed by atoms with Crippen molar-refractivity contribution in [3.05, 3.63) is 99.2 Å². The van der Waals surface area contributed by atoms with Crippen LogP contribution in [0.1, 0.15) is 17.2 Å². The molecule has 4 rings (SSSR count). The molecule has 1 aromatic heterocycles. The summed E-state index contributed by atoms with van der Waals surface area (Å²) in [6.45, 7) is 0. The average Bonchev–Trinajstić information content (AvgIpc) is 3.38. The van der Waals surface area contributed by atoms with Gasteiger partial charge < -0.3 is 14.2 Å². The Bertz CT molecular complexity index is 1310. The van der Waals surface area contributed by atoms with E-state index in [-0.39, 0.29) is 11.3 Å². The van der Waals surface area contributed by atoms with Gasteiger partial charge in [0.2, 0.25) is 6.10 Å². The van der Waals surface area contributed by atoms with Crippen LogP contribution in [0.3, 0.4) is 0 Å². The van der Waals surface area contributed by atoms with E-state index in [1.54, 1.807) is 47.7 Å². The molecule has 0 fully saturated rings. The highest BCUT2D eigenvalue weighted by atomic mass is 79.9. The third-order valence-electron chi connectivity index (χ3n) is 4.87. The van der Waals surface area contributed by atoms with Gasteiger partial charge in [-0.3, -0.25) is 0 Å². The van der Waals surface area contributed by atoms with Gasteiger partial charge in [0.05, 0.1) is 12.7 Å². The van der Waals surface area contributed by atoms with Crippen molar-refractivity contribution in [2.75, 3.05) is 7.11 Å². The number of esters is 1. The number of thiophene rings is 1. The number of hydrogen-bond acceptors (Lipinski definition) is 6. The second-order valence-electron chi connectivity index (χ2n) is 6.92. The van der Waals surface area contributed by atoms with Crippen molar-refractivity contribution in [1.29, 1.82) is 5.26 Å². The molecule has 0 bridgehead atoms. The number of rotatable bonds is 7. The molecule has 0 radical (unpaired) electrons. The van der Waals surface area contributed by atoms with Gasteiger partial charge in [0, 0.05) is 21.7 Å². The van der Waals surface area contributed by atoms with E-state index in [9.17, 15) is 10.1 Å². The van der Waals surface area contributed by atoms with Crippen LogP contribution in [0.2, 0.25) is 0 Å². The molecule has 1 unspecified atom stereocenters. The van der Waals surface area contributed by atoms with Crippen molar-refractivity contribution in [2.45, 2.75) is 6.10 Å². The number of carbonyl (C=O) groups is 1. The van der Waals surface area contributed by atoms with Gasteiger partial charge in [0.1, 0.15) is 23.3 Å². The molecule has 0 aliphatic rings. The SMILES string of the molecule is COC(=O)C(Oc1cc(Oc2ccccc2-c2ccsc2)ccc1C#N)c1ccccc1Br. The summed E-state index contributed by atoms with van der Waals surface area (Å²) >= 11 is 5.06. The molecular formula is C26H18BrNO4S. The zero-order valence-corrected chi connectivity index (χ0v) is 19.9. The summed E-state index contributed by atoms with van der Waals surface area (Å²) < 4.78 is 17.8. The predicted molar refractivity (Wildman–Crippen MR) is 131 cm³/mol. The lowest BCUT2D eigenvalue weighted by Gasteiger charge is -2.20. The molecule has 33 heavy (non-hydrogen) atoms. The minimum absolute atomic E-state index is 0.217. The summed E-state index contributed by atoms with van der Waals surface area (Å²) in [6.07, 6.45) is -1.06. The van der Waals surface area contributed by atoms with Crippen molar-refractivity contribution >= 4 is 33.2 Å². The lowest BCUT2D eigenvalue weighted by Crippen LogP contribution is -2.21. The molecular weight excluding hydrogens is 502 g/mol. The van der Waals surface area contributed by atoms with Gasteiger partial charge in [-0.25, -0.2) is 4.79 Å². The summed E-state index contributed by atoms with van der Waals surface area (Å²) in [5.74, 6) is 0.776. The highest BCUT2D eigenvalue weighted by Gasteiger charge is 2.27. The van der Waals surface area contributed by atoms with Crippen LogP contribution in [0, 0.1) is 11.3 Å². The predicted octanol–water partition coefficient (Wildman–Crippen LogP) is 7.13. The molecule has 4 aromatic rings. The van der Waals surface area contributed by atoms with Crippen LogP contribution in [0.5, 0.6) is 17.2 Å². The molecule has 0 saturated carbocycles. The number of nitriles is 1. The fourth-order valence-corrected chi connectivity index (χ4v) is 4.40. The number of halogens is 1. The number of nitrogens with zero attached hydrogens (tertiary/aromatic N) is 1. The van der Waals surface area contributed by atoms with Crippen molar-refractivity contribution in [3.63, 3.8) is 0 Å². The van der Waals surface area contributed by atoms with Crippen LogP contribution >= 0.6 is 27.3 Å². The van der Waals surface area contributed by atoms with Gasteiger partial charge in [0.15, 0.2) is 0 Å². The Hall–Kier alpha value is -3.60. The van der Waals surface area contributed by atoms with E-state index in [2.05, 4.69) is 22.0 Å². The Morgan fingerprint density at radius 3 is 2.55 bits per heavy atom. The molecule has 0 aliphatic carbocycles. The van der Waals surface area contributed by atoms with E-state index in [1.165, 1.54) is 7.11 Å². The largest absolute Gasteiger partial charge is 0.472 e. The van der Waals surface area contributed by atoms with Crippen LogP contribution in [0.25, 0.3) is 11.1 Å². The third kappa shape index (κ3) is 5.08. The molecule has 0 aliphatic heterocycles. The number of para-hydroxylation sites is 1. The summed E-state index contributed by atoms with van der Waals surface area (Å²) in [5, 5.41) is 13.7. The minimum Gasteiger partial charge on any atom is -0.472 e. The van der Waals surface area contributed by atoms with E-state index in [0.29, 0.717) is 21.5 Å². The van der Waals surface area contributed by atoms with Gasteiger partial charge in [0.25, 0.3) is 0 Å². The molecule has 7 heteroatoms. The zero-order valence-electron chi connectivity index (χ0n) is 17.5. The quantitative estimate of drug-likeness (QED) is 0.243. The normalized spacial score (nSPS) is 11.3. The van der Waals surface area contributed by atoms with E-state index in [1.807, 2.05) is 47.2 Å². The first-order valence-corrected chi connectivity index (χ1v) is 11.7. The lowest BCUT2D eigenvalue weighted by atomic mass is 10.1. The second-order valence-corrected chi connectivity index (χ2v) is 8.56. The van der Waals surface area contributed by atoms with E-state index in [4.69, 9.17) is 14.2 Å². The molecule has 0 saturated heterocycles. The second kappa shape index (κ2) is 10.3. The number of carbonyl (C=O) groups excluding carboxylic acids is 1. The highest BCUT2D eigenvalue weighted by Crippen LogP contribution is 2.37. The maximum atomic E-state index is 12.5. The Labute approximate surface area is 203 Å². The van der Waals surface area contributed by atoms with Crippen molar-refractivity contribution in [2.24, 2.45) is 0 Å². The number of benzene rings is 3. The zero-order chi connectivity index (χ0) is 23.2. The fourth-order valence-electron chi connectivity index (χ4n) is 3.26. The maximum absolute atomic E-state index is 12.5. The van der Waals surface area contributed by atoms with Crippen LogP contribution in [0.4, 0.5) is 0 Å². The van der Waals surface area contributed by atoms with Crippen molar-refractivity contribution in [3.8, 4) is 34.4 Å². The smallest absolute Gasteiger partial charge is 0.351 e. The van der Waals surface area contributed by atoms with Gasteiger partial charge in [-0.05, 0) is 46.7 Å². The topological polar surface area (TPSA) is 68.6 Å². The number of methoxy groups -OCH3 is 1. The van der Waals surface area contributed by atoms with Crippen molar-refractivity contribution in [1.82, 2.24) is 0 Å². The highest BCUT2D eigenvalue weighted by molar-refractivity contribution is 9.10.